The molecule has 82 valence electrons. The zero-order chi connectivity index (χ0) is 11.2. The molecular formula is C11H21NO2. The molecule has 0 aliphatic carbocycles. The SMILES string of the molecule is C=C(C)C(=O)OC(CC)(CC)CCN. The van der Waals surface area contributed by atoms with E-state index < -0.39 is 5.60 Å². The van der Waals surface area contributed by atoms with Crippen LogP contribution in [0.4, 0.5) is 0 Å². The summed E-state index contributed by atoms with van der Waals surface area (Å²) in [6.45, 7) is 9.76. The van der Waals surface area contributed by atoms with Crippen molar-refractivity contribution in [1.82, 2.24) is 0 Å². The Balaban J connectivity index is 4.49. The lowest BCUT2D eigenvalue weighted by Crippen LogP contribution is -2.36. The van der Waals surface area contributed by atoms with E-state index in [0.717, 1.165) is 12.8 Å². The molecule has 0 aliphatic rings. The number of hydrogen-bond acceptors (Lipinski definition) is 3. The fraction of sp³-hybridized carbons (Fsp3) is 0.727. The molecular weight excluding hydrogens is 178 g/mol. The summed E-state index contributed by atoms with van der Waals surface area (Å²) in [5, 5.41) is 0. The molecule has 0 aromatic heterocycles. The Morgan fingerprint density at radius 2 is 1.93 bits per heavy atom. The summed E-state index contributed by atoms with van der Waals surface area (Å²) in [7, 11) is 0. The van der Waals surface area contributed by atoms with Crippen molar-refractivity contribution in [1.29, 1.82) is 0 Å². The van der Waals surface area contributed by atoms with Crippen LogP contribution in [0.1, 0.15) is 40.0 Å². The molecule has 0 spiro atoms. The Hall–Kier alpha value is -0.830. The fourth-order valence-corrected chi connectivity index (χ4v) is 1.35. The fourth-order valence-electron chi connectivity index (χ4n) is 1.35. The second kappa shape index (κ2) is 5.81. The van der Waals surface area contributed by atoms with Gasteiger partial charge in [-0.1, -0.05) is 20.4 Å². The van der Waals surface area contributed by atoms with Crippen molar-refractivity contribution < 1.29 is 9.53 Å². The summed E-state index contributed by atoms with van der Waals surface area (Å²) in [4.78, 5) is 11.4. The number of carbonyl (C=O) groups excluding carboxylic acids is 1. The van der Waals surface area contributed by atoms with Gasteiger partial charge >= 0.3 is 5.97 Å². The molecule has 0 radical (unpaired) electrons. The van der Waals surface area contributed by atoms with E-state index in [2.05, 4.69) is 6.58 Å². The Morgan fingerprint density at radius 1 is 1.43 bits per heavy atom. The molecule has 0 bridgehead atoms. The normalized spacial score (nSPS) is 11.1. The van der Waals surface area contributed by atoms with E-state index in [4.69, 9.17) is 10.5 Å². The van der Waals surface area contributed by atoms with E-state index in [9.17, 15) is 4.79 Å². The minimum Gasteiger partial charge on any atom is -0.456 e. The molecule has 0 heterocycles. The van der Waals surface area contributed by atoms with Gasteiger partial charge in [-0.05, 0) is 32.7 Å². The lowest BCUT2D eigenvalue weighted by Gasteiger charge is -2.31. The topological polar surface area (TPSA) is 52.3 Å². The van der Waals surface area contributed by atoms with Crippen LogP contribution in [0.25, 0.3) is 0 Å². The standard InChI is InChI=1S/C11H21NO2/c1-5-11(6-2,7-8-12)14-10(13)9(3)4/h3,5-8,12H2,1-2,4H3. The highest BCUT2D eigenvalue weighted by Gasteiger charge is 2.29. The molecule has 0 aromatic carbocycles. The second-order valence-corrected chi connectivity index (χ2v) is 3.60. The number of rotatable bonds is 6. The zero-order valence-corrected chi connectivity index (χ0v) is 9.43. The van der Waals surface area contributed by atoms with Crippen molar-refractivity contribution in [3.63, 3.8) is 0 Å². The third-order valence-corrected chi connectivity index (χ3v) is 2.55. The van der Waals surface area contributed by atoms with E-state index >= 15 is 0 Å². The summed E-state index contributed by atoms with van der Waals surface area (Å²) in [6.07, 6.45) is 2.29. The maximum absolute atomic E-state index is 11.4. The van der Waals surface area contributed by atoms with Gasteiger partial charge in [-0.15, -0.1) is 0 Å². The van der Waals surface area contributed by atoms with Gasteiger partial charge in [0, 0.05) is 5.57 Å². The van der Waals surface area contributed by atoms with Gasteiger partial charge in [0.2, 0.25) is 0 Å². The number of esters is 1. The van der Waals surface area contributed by atoms with Crippen LogP contribution >= 0.6 is 0 Å². The number of nitrogens with two attached hydrogens (primary N) is 1. The molecule has 3 heteroatoms. The van der Waals surface area contributed by atoms with Gasteiger partial charge in [-0.25, -0.2) is 4.79 Å². The molecule has 2 N–H and O–H groups in total. The van der Waals surface area contributed by atoms with E-state index in [-0.39, 0.29) is 5.97 Å². The number of hydrogen-bond donors (Lipinski definition) is 1. The molecule has 0 saturated heterocycles. The summed E-state index contributed by atoms with van der Waals surface area (Å²) in [5.41, 5.74) is 5.54. The van der Waals surface area contributed by atoms with Crippen molar-refractivity contribution in [2.24, 2.45) is 5.73 Å². The van der Waals surface area contributed by atoms with Gasteiger partial charge < -0.3 is 10.5 Å². The minimum atomic E-state index is -0.398. The maximum atomic E-state index is 11.4. The largest absolute Gasteiger partial charge is 0.456 e. The Kier molecular flexibility index (Phi) is 5.46. The molecule has 0 rings (SSSR count). The molecule has 0 fully saturated rings. The van der Waals surface area contributed by atoms with E-state index in [1.807, 2.05) is 13.8 Å². The van der Waals surface area contributed by atoms with Crippen LogP contribution in [-0.4, -0.2) is 18.1 Å². The van der Waals surface area contributed by atoms with Crippen LogP contribution in [0.5, 0.6) is 0 Å². The van der Waals surface area contributed by atoms with Gasteiger partial charge in [-0.3, -0.25) is 0 Å². The Labute approximate surface area is 86.3 Å². The van der Waals surface area contributed by atoms with E-state index in [1.165, 1.54) is 0 Å². The highest BCUT2D eigenvalue weighted by atomic mass is 16.6. The van der Waals surface area contributed by atoms with Gasteiger partial charge in [0.15, 0.2) is 0 Å². The molecule has 0 unspecified atom stereocenters. The predicted molar refractivity (Wildman–Crippen MR) is 57.9 cm³/mol. The van der Waals surface area contributed by atoms with Crippen LogP contribution in [0.2, 0.25) is 0 Å². The predicted octanol–water partition coefficient (Wildman–Crippen LogP) is 2.01. The Morgan fingerprint density at radius 3 is 2.21 bits per heavy atom. The second-order valence-electron chi connectivity index (χ2n) is 3.60. The highest BCUT2D eigenvalue weighted by molar-refractivity contribution is 5.87. The molecule has 0 aromatic rings. The van der Waals surface area contributed by atoms with Gasteiger partial charge in [0.05, 0.1) is 0 Å². The van der Waals surface area contributed by atoms with Crippen LogP contribution in [-0.2, 0) is 9.53 Å². The quantitative estimate of drug-likeness (QED) is 0.526. The van der Waals surface area contributed by atoms with Crippen molar-refractivity contribution in [3.8, 4) is 0 Å². The minimum absolute atomic E-state index is 0.317. The van der Waals surface area contributed by atoms with Crippen molar-refractivity contribution >= 4 is 5.97 Å². The maximum Gasteiger partial charge on any atom is 0.333 e. The number of carbonyl (C=O) groups is 1. The molecule has 0 atom stereocenters. The van der Waals surface area contributed by atoms with E-state index in [0.29, 0.717) is 18.5 Å². The van der Waals surface area contributed by atoms with Crippen LogP contribution in [0, 0.1) is 0 Å². The summed E-state index contributed by atoms with van der Waals surface area (Å²) in [5.74, 6) is -0.317. The lowest BCUT2D eigenvalue weighted by atomic mass is 9.93. The lowest BCUT2D eigenvalue weighted by molar-refractivity contribution is -0.156. The zero-order valence-electron chi connectivity index (χ0n) is 9.43. The summed E-state index contributed by atoms with van der Waals surface area (Å²) < 4.78 is 5.42. The first kappa shape index (κ1) is 13.2. The van der Waals surface area contributed by atoms with Crippen LogP contribution < -0.4 is 5.73 Å². The van der Waals surface area contributed by atoms with Crippen LogP contribution in [0.15, 0.2) is 12.2 Å². The smallest absolute Gasteiger partial charge is 0.333 e. The van der Waals surface area contributed by atoms with Crippen molar-refractivity contribution in [3.05, 3.63) is 12.2 Å². The monoisotopic (exact) mass is 199 g/mol. The molecule has 0 saturated carbocycles. The first-order chi connectivity index (χ1) is 6.51. The van der Waals surface area contributed by atoms with Gasteiger partial charge in [0.1, 0.15) is 5.60 Å². The highest BCUT2D eigenvalue weighted by Crippen LogP contribution is 2.25. The van der Waals surface area contributed by atoms with Crippen LogP contribution in [0.3, 0.4) is 0 Å². The first-order valence-electron chi connectivity index (χ1n) is 5.10. The number of ether oxygens (including phenoxy) is 1. The molecule has 0 amide bonds. The van der Waals surface area contributed by atoms with Crippen molar-refractivity contribution in [2.45, 2.75) is 45.6 Å². The average molecular weight is 199 g/mol. The summed E-state index contributed by atoms with van der Waals surface area (Å²) >= 11 is 0. The third-order valence-electron chi connectivity index (χ3n) is 2.55. The van der Waals surface area contributed by atoms with Gasteiger partial charge in [-0.2, -0.15) is 0 Å². The Bertz CT molecular complexity index is 207. The average Bonchev–Trinajstić information content (AvgIpc) is 2.16. The third kappa shape index (κ3) is 3.50. The summed E-state index contributed by atoms with van der Waals surface area (Å²) in [6, 6.07) is 0. The van der Waals surface area contributed by atoms with Gasteiger partial charge in [0.25, 0.3) is 0 Å². The van der Waals surface area contributed by atoms with Crippen molar-refractivity contribution in [2.75, 3.05) is 6.54 Å². The molecule has 3 nitrogen and oxygen atoms in total. The molecule has 14 heavy (non-hydrogen) atoms. The molecule has 0 aliphatic heterocycles. The van der Waals surface area contributed by atoms with E-state index in [1.54, 1.807) is 6.92 Å². The first-order valence-corrected chi connectivity index (χ1v) is 5.10.